The normalized spacial score (nSPS) is 10.1. The summed E-state index contributed by atoms with van der Waals surface area (Å²) in [4.78, 5) is 34.3. The number of benzene rings is 2. The van der Waals surface area contributed by atoms with Gasteiger partial charge in [0.25, 0.3) is 11.6 Å². The van der Waals surface area contributed by atoms with Crippen molar-refractivity contribution >= 4 is 39.2 Å². The molecule has 0 radical (unpaired) electrons. The van der Waals surface area contributed by atoms with Crippen molar-refractivity contribution in [3.8, 4) is 0 Å². The Balaban J connectivity index is 2.21. The largest absolute Gasteiger partial charge is 0.462 e. The fourth-order valence-corrected chi connectivity index (χ4v) is 2.33. The highest BCUT2D eigenvalue weighted by Crippen LogP contribution is 2.26. The number of esters is 1. The molecular formula is C16H13BrN2O5. The number of rotatable bonds is 5. The second kappa shape index (κ2) is 7.69. The number of amides is 1. The molecule has 0 aromatic heterocycles. The van der Waals surface area contributed by atoms with Gasteiger partial charge in [-0.15, -0.1) is 0 Å². The summed E-state index contributed by atoms with van der Waals surface area (Å²) in [5, 5.41) is 13.5. The van der Waals surface area contributed by atoms with Gasteiger partial charge in [-0.25, -0.2) is 4.79 Å². The second-order valence-electron chi connectivity index (χ2n) is 4.68. The monoisotopic (exact) mass is 392 g/mol. The molecule has 1 N–H and O–H groups in total. The molecule has 2 aromatic carbocycles. The van der Waals surface area contributed by atoms with Crippen LogP contribution in [-0.4, -0.2) is 23.4 Å². The maximum Gasteiger partial charge on any atom is 0.338 e. The van der Waals surface area contributed by atoms with Gasteiger partial charge in [0, 0.05) is 17.3 Å². The van der Waals surface area contributed by atoms with E-state index in [0.29, 0.717) is 11.3 Å². The number of nitro benzene ring substituents is 1. The van der Waals surface area contributed by atoms with Gasteiger partial charge >= 0.3 is 5.97 Å². The summed E-state index contributed by atoms with van der Waals surface area (Å²) in [6.45, 7) is 1.95. The van der Waals surface area contributed by atoms with Crippen LogP contribution in [-0.2, 0) is 4.74 Å². The lowest BCUT2D eigenvalue weighted by atomic mass is 10.1. The third-order valence-electron chi connectivity index (χ3n) is 3.04. The summed E-state index contributed by atoms with van der Waals surface area (Å²) in [5.74, 6) is -1.01. The first-order chi connectivity index (χ1) is 11.4. The van der Waals surface area contributed by atoms with Gasteiger partial charge in [-0.05, 0) is 53.2 Å². The molecule has 0 spiro atoms. The molecule has 0 saturated heterocycles. The first kappa shape index (κ1) is 17.6. The molecule has 0 aliphatic heterocycles. The van der Waals surface area contributed by atoms with Gasteiger partial charge in [-0.3, -0.25) is 14.9 Å². The quantitative estimate of drug-likeness (QED) is 0.474. The van der Waals surface area contributed by atoms with Crippen LogP contribution in [0.1, 0.15) is 27.6 Å². The fraction of sp³-hybridized carbons (Fsp3) is 0.125. The molecule has 124 valence electrons. The van der Waals surface area contributed by atoms with Gasteiger partial charge in [0.2, 0.25) is 0 Å². The Bertz CT molecular complexity index is 807. The molecule has 0 fully saturated rings. The van der Waals surface area contributed by atoms with E-state index >= 15 is 0 Å². The zero-order valence-electron chi connectivity index (χ0n) is 12.6. The van der Waals surface area contributed by atoms with Gasteiger partial charge in [-0.2, -0.15) is 0 Å². The van der Waals surface area contributed by atoms with Crippen molar-refractivity contribution in [3.05, 3.63) is 68.2 Å². The highest BCUT2D eigenvalue weighted by molar-refractivity contribution is 9.10. The lowest BCUT2D eigenvalue weighted by Gasteiger charge is -2.07. The van der Waals surface area contributed by atoms with Crippen LogP contribution in [0.4, 0.5) is 11.4 Å². The van der Waals surface area contributed by atoms with E-state index in [1.54, 1.807) is 25.1 Å². The summed E-state index contributed by atoms with van der Waals surface area (Å²) in [6, 6.07) is 10.3. The van der Waals surface area contributed by atoms with Gasteiger partial charge < -0.3 is 10.1 Å². The van der Waals surface area contributed by atoms with Crippen LogP contribution < -0.4 is 5.32 Å². The first-order valence-electron chi connectivity index (χ1n) is 6.95. The molecule has 0 saturated carbocycles. The van der Waals surface area contributed by atoms with Gasteiger partial charge in [0.15, 0.2) is 0 Å². The predicted molar refractivity (Wildman–Crippen MR) is 91.1 cm³/mol. The molecule has 2 rings (SSSR count). The van der Waals surface area contributed by atoms with Crippen molar-refractivity contribution in [2.24, 2.45) is 0 Å². The Morgan fingerprint density at radius 2 is 1.96 bits per heavy atom. The van der Waals surface area contributed by atoms with Gasteiger partial charge in [0.1, 0.15) is 0 Å². The van der Waals surface area contributed by atoms with Crippen molar-refractivity contribution in [2.45, 2.75) is 6.92 Å². The molecule has 0 aliphatic rings. The van der Waals surface area contributed by atoms with Gasteiger partial charge in [0.05, 0.1) is 21.6 Å². The average molecular weight is 393 g/mol. The van der Waals surface area contributed by atoms with Crippen LogP contribution in [0, 0.1) is 10.1 Å². The molecule has 2 aromatic rings. The predicted octanol–water partition coefficient (Wildman–Crippen LogP) is 3.79. The topological polar surface area (TPSA) is 98.5 Å². The van der Waals surface area contributed by atoms with Crippen LogP contribution >= 0.6 is 15.9 Å². The first-order valence-corrected chi connectivity index (χ1v) is 7.74. The lowest BCUT2D eigenvalue weighted by Crippen LogP contribution is -2.13. The van der Waals surface area contributed by atoms with Crippen molar-refractivity contribution < 1.29 is 19.2 Å². The lowest BCUT2D eigenvalue weighted by molar-refractivity contribution is -0.385. The molecule has 0 unspecified atom stereocenters. The summed E-state index contributed by atoms with van der Waals surface area (Å²) in [6.07, 6.45) is 0. The number of nitrogens with zero attached hydrogens (tertiary/aromatic N) is 1. The molecule has 1 amide bonds. The van der Waals surface area contributed by atoms with E-state index in [2.05, 4.69) is 21.2 Å². The van der Waals surface area contributed by atoms with Crippen LogP contribution in [0.2, 0.25) is 0 Å². The van der Waals surface area contributed by atoms with Crippen LogP contribution in [0.5, 0.6) is 0 Å². The Labute approximate surface area is 145 Å². The fourth-order valence-electron chi connectivity index (χ4n) is 1.94. The van der Waals surface area contributed by atoms with E-state index in [1.165, 1.54) is 24.3 Å². The summed E-state index contributed by atoms with van der Waals surface area (Å²) < 4.78 is 5.18. The number of nitrogens with one attached hydrogen (secondary N) is 1. The smallest absolute Gasteiger partial charge is 0.338 e. The van der Waals surface area contributed by atoms with E-state index in [9.17, 15) is 19.7 Å². The number of anilines is 1. The summed E-state index contributed by atoms with van der Waals surface area (Å²) in [7, 11) is 0. The van der Waals surface area contributed by atoms with Crippen molar-refractivity contribution in [1.82, 2.24) is 0 Å². The average Bonchev–Trinajstić information content (AvgIpc) is 2.55. The molecule has 0 aliphatic carbocycles. The molecule has 0 atom stereocenters. The third kappa shape index (κ3) is 4.17. The number of carbonyl (C=O) groups is 2. The number of hydrogen-bond acceptors (Lipinski definition) is 5. The minimum absolute atomic E-state index is 0.131. The maximum atomic E-state index is 12.2. The minimum Gasteiger partial charge on any atom is -0.462 e. The van der Waals surface area contributed by atoms with Crippen molar-refractivity contribution in [1.29, 1.82) is 0 Å². The standard InChI is InChI=1S/C16H13BrN2O5/c1-2-24-16(21)11-4-3-5-12(8-11)18-15(20)10-6-7-13(17)14(9-10)19(22)23/h3-9H,2H2,1H3,(H,18,20). The molecule has 24 heavy (non-hydrogen) atoms. The number of carbonyl (C=O) groups excluding carboxylic acids is 2. The summed E-state index contributed by atoms with van der Waals surface area (Å²) >= 11 is 3.06. The van der Waals surface area contributed by atoms with Crippen LogP contribution in [0.25, 0.3) is 0 Å². The second-order valence-corrected chi connectivity index (χ2v) is 5.53. The summed E-state index contributed by atoms with van der Waals surface area (Å²) in [5.41, 5.74) is 0.613. The van der Waals surface area contributed by atoms with E-state index in [0.717, 1.165) is 0 Å². The van der Waals surface area contributed by atoms with Crippen molar-refractivity contribution in [3.63, 3.8) is 0 Å². The number of nitro groups is 1. The molecular weight excluding hydrogens is 380 g/mol. The van der Waals surface area contributed by atoms with E-state index in [-0.39, 0.29) is 22.3 Å². The van der Waals surface area contributed by atoms with Crippen LogP contribution in [0.3, 0.4) is 0 Å². The van der Waals surface area contributed by atoms with E-state index in [1.807, 2.05) is 0 Å². The van der Waals surface area contributed by atoms with Gasteiger partial charge in [-0.1, -0.05) is 6.07 Å². The molecule has 0 heterocycles. The maximum absolute atomic E-state index is 12.2. The van der Waals surface area contributed by atoms with Crippen molar-refractivity contribution in [2.75, 3.05) is 11.9 Å². The number of halogens is 1. The molecule has 7 nitrogen and oxygen atoms in total. The minimum atomic E-state index is -0.581. The highest BCUT2D eigenvalue weighted by atomic mass is 79.9. The van der Waals surface area contributed by atoms with E-state index in [4.69, 9.17) is 4.74 Å². The number of ether oxygens (including phenoxy) is 1. The molecule has 8 heteroatoms. The highest BCUT2D eigenvalue weighted by Gasteiger charge is 2.16. The SMILES string of the molecule is CCOC(=O)c1cccc(NC(=O)c2ccc(Br)c([N+](=O)[O-])c2)c1. The Hall–Kier alpha value is -2.74. The Kier molecular flexibility index (Phi) is 5.64. The Morgan fingerprint density at radius 3 is 2.62 bits per heavy atom. The van der Waals surface area contributed by atoms with Crippen LogP contribution in [0.15, 0.2) is 46.9 Å². The molecule has 0 bridgehead atoms. The zero-order valence-corrected chi connectivity index (χ0v) is 14.2. The Morgan fingerprint density at radius 1 is 1.21 bits per heavy atom. The third-order valence-corrected chi connectivity index (χ3v) is 3.71. The number of hydrogen-bond donors (Lipinski definition) is 1. The zero-order chi connectivity index (χ0) is 17.7. The van der Waals surface area contributed by atoms with E-state index < -0.39 is 16.8 Å².